The smallest absolute Gasteiger partial charge is 0.138 e. The highest BCUT2D eigenvalue weighted by Crippen LogP contribution is 2.38. The number of anilines is 1. The van der Waals surface area contributed by atoms with Crippen LogP contribution in [0.1, 0.15) is 34.4 Å². The molecule has 1 fully saturated rings. The van der Waals surface area contributed by atoms with E-state index in [-0.39, 0.29) is 0 Å². The average Bonchev–Trinajstić information content (AvgIpc) is 3.13. The Kier molecular flexibility index (Phi) is 5.25. The fraction of sp³-hybridized carbons (Fsp3) is 0.455. The molecule has 1 saturated heterocycles. The van der Waals surface area contributed by atoms with Crippen LogP contribution < -0.4 is 5.32 Å². The molecular formula is C22H26N4OS. The van der Waals surface area contributed by atoms with Crippen LogP contribution in [0.5, 0.6) is 0 Å². The molecule has 1 aliphatic heterocycles. The van der Waals surface area contributed by atoms with Crippen LogP contribution in [-0.2, 0) is 30.7 Å². The molecule has 3 heterocycles. The van der Waals surface area contributed by atoms with Gasteiger partial charge in [0.25, 0.3) is 0 Å². The van der Waals surface area contributed by atoms with Crippen LogP contribution in [0, 0.1) is 0 Å². The van der Waals surface area contributed by atoms with Gasteiger partial charge in [-0.05, 0) is 42.4 Å². The monoisotopic (exact) mass is 394 g/mol. The van der Waals surface area contributed by atoms with Gasteiger partial charge in [-0.3, -0.25) is 4.90 Å². The van der Waals surface area contributed by atoms with E-state index in [9.17, 15) is 0 Å². The lowest BCUT2D eigenvalue weighted by Gasteiger charge is -2.26. The molecular weight excluding hydrogens is 368 g/mol. The molecule has 0 atom stereocenters. The summed E-state index contributed by atoms with van der Waals surface area (Å²) in [6.45, 7) is 5.54. The third-order valence-electron chi connectivity index (χ3n) is 5.74. The van der Waals surface area contributed by atoms with Crippen molar-refractivity contribution in [3.05, 3.63) is 52.2 Å². The van der Waals surface area contributed by atoms with Gasteiger partial charge >= 0.3 is 0 Å². The first-order chi connectivity index (χ1) is 13.9. The Morgan fingerprint density at radius 1 is 1.00 bits per heavy atom. The van der Waals surface area contributed by atoms with Crippen molar-refractivity contribution in [1.82, 2.24) is 14.9 Å². The number of aromatic nitrogens is 2. The van der Waals surface area contributed by atoms with Gasteiger partial charge in [-0.15, -0.1) is 11.3 Å². The fourth-order valence-electron chi connectivity index (χ4n) is 4.19. The molecule has 6 heteroatoms. The predicted octanol–water partition coefficient (Wildman–Crippen LogP) is 4.01. The standard InChI is InChI=1S/C22H26N4OS/c1-2-4-19-18(3-1)20-21(24-15-25-22(20)28-19)23-13-16-5-7-17(8-6-16)14-26-9-11-27-12-10-26/h5-8,15H,1-4,9-14H2,(H,23,24,25). The number of hydrogen-bond acceptors (Lipinski definition) is 6. The van der Waals surface area contributed by atoms with E-state index < -0.39 is 0 Å². The van der Waals surface area contributed by atoms with E-state index >= 15 is 0 Å². The van der Waals surface area contributed by atoms with Gasteiger partial charge in [0, 0.05) is 31.1 Å². The van der Waals surface area contributed by atoms with Crippen LogP contribution >= 0.6 is 11.3 Å². The molecule has 0 bridgehead atoms. The van der Waals surface area contributed by atoms with E-state index in [0.29, 0.717) is 0 Å². The number of ether oxygens (including phenoxy) is 1. The topological polar surface area (TPSA) is 50.3 Å². The van der Waals surface area contributed by atoms with Crippen LogP contribution in [-0.4, -0.2) is 41.2 Å². The van der Waals surface area contributed by atoms with Crippen molar-refractivity contribution in [2.45, 2.75) is 38.8 Å². The van der Waals surface area contributed by atoms with Crippen LogP contribution in [0.25, 0.3) is 10.2 Å². The van der Waals surface area contributed by atoms with Crippen LogP contribution in [0.3, 0.4) is 0 Å². The fourth-order valence-corrected chi connectivity index (χ4v) is 5.42. The molecule has 28 heavy (non-hydrogen) atoms. The quantitative estimate of drug-likeness (QED) is 0.708. The maximum Gasteiger partial charge on any atom is 0.138 e. The third-order valence-corrected chi connectivity index (χ3v) is 6.94. The summed E-state index contributed by atoms with van der Waals surface area (Å²) >= 11 is 1.85. The molecule has 0 spiro atoms. The van der Waals surface area contributed by atoms with Gasteiger partial charge in [0.15, 0.2) is 0 Å². The number of morpholine rings is 1. The number of hydrogen-bond donors (Lipinski definition) is 1. The minimum Gasteiger partial charge on any atom is -0.379 e. The summed E-state index contributed by atoms with van der Waals surface area (Å²) in [6.07, 6.45) is 6.62. The summed E-state index contributed by atoms with van der Waals surface area (Å²) < 4.78 is 5.43. The Morgan fingerprint density at radius 3 is 2.64 bits per heavy atom. The second-order valence-electron chi connectivity index (χ2n) is 7.67. The maximum absolute atomic E-state index is 5.43. The van der Waals surface area contributed by atoms with Crippen molar-refractivity contribution in [2.75, 3.05) is 31.6 Å². The summed E-state index contributed by atoms with van der Waals surface area (Å²) in [6, 6.07) is 8.94. The highest BCUT2D eigenvalue weighted by Gasteiger charge is 2.19. The normalized spacial score (nSPS) is 17.6. The summed E-state index contributed by atoms with van der Waals surface area (Å²) in [5.41, 5.74) is 4.12. The Morgan fingerprint density at radius 2 is 1.79 bits per heavy atom. The van der Waals surface area contributed by atoms with Gasteiger partial charge < -0.3 is 10.1 Å². The van der Waals surface area contributed by atoms with Gasteiger partial charge in [-0.25, -0.2) is 9.97 Å². The summed E-state index contributed by atoms with van der Waals surface area (Å²) in [4.78, 5) is 14.2. The second kappa shape index (κ2) is 8.15. The summed E-state index contributed by atoms with van der Waals surface area (Å²) in [5, 5.41) is 4.83. The van der Waals surface area contributed by atoms with E-state index in [4.69, 9.17) is 4.74 Å². The SMILES string of the molecule is c1nc(NCc2ccc(CN3CCOCC3)cc2)c2c3c(sc2n1)CCCC3. The van der Waals surface area contributed by atoms with Crippen molar-refractivity contribution in [1.29, 1.82) is 0 Å². The van der Waals surface area contributed by atoms with E-state index in [1.54, 1.807) is 6.33 Å². The molecule has 146 valence electrons. The molecule has 1 aromatic carbocycles. The Bertz CT molecular complexity index is 947. The highest BCUT2D eigenvalue weighted by atomic mass is 32.1. The largest absolute Gasteiger partial charge is 0.379 e. The van der Waals surface area contributed by atoms with E-state index in [0.717, 1.165) is 56.5 Å². The molecule has 0 amide bonds. The zero-order valence-electron chi connectivity index (χ0n) is 16.1. The predicted molar refractivity (Wildman–Crippen MR) is 114 cm³/mol. The molecule has 0 unspecified atom stereocenters. The Balaban J connectivity index is 1.28. The molecule has 2 aromatic heterocycles. The van der Waals surface area contributed by atoms with E-state index in [1.165, 1.54) is 46.2 Å². The second-order valence-corrected chi connectivity index (χ2v) is 8.76. The lowest BCUT2D eigenvalue weighted by molar-refractivity contribution is 0.0342. The lowest BCUT2D eigenvalue weighted by Crippen LogP contribution is -2.35. The molecule has 1 aliphatic carbocycles. The van der Waals surface area contributed by atoms with Crippen molar-refractivity contribution >= 4 is 27.4 Å². The first-order valence-electron chi connectivity index (χ1n) is 10.2. The summed E-state index contributed by atoms with van der Waals surface area (Å²) in [5.74, 6) is 0.988. The number of benzene rings is 1. The van der Waals surface area contributed by atoms with Crippen molar-refractivity contribution in [3.63, 3.8) is 0 Å². The number of nitrogens with zero attached hydrogens (tertiary/aromatic N) is 3. The first-order valence-corrected chi connectivity index (χ1v) is 11.1. The number of fused-ring (bicyclic) bond motifs is 3. The van der Waals surface area contributed by atoms with Gasteiger partial charge in [0.05, 0.1) is 18.6 Å². The number of nitrogens with one attached hydrogen (secondary N) is 1. The average molecular weight is 395 g/mol. The molecule has 0 radical (unpaired) electrons. The van der Waals surface area contributed by atoms with Crippen LogP contribution in [0.15, 0.2) is 30.6 Å². The molecule has 5 nitrogen and oxygen atoms in total. The van der Waals surface area contributed by atoms with Crippen molar-refractivity contribution in [2.24, 2.45) is 0 Å². The van der Waals surface area contributed by atoms with Crippen LogP contribution in [0.2, 0.25) is 0 Å². The minimum atomic E-state index is 0.786. The van der Waals surface area contributed by atoms with E-state index in [1.807, 2.05) is 11.3 Å². The van der Waals surface area contributed by atoms with E-state index in [2.05, 4.69) is 44.5 Å². The Labute approximate surface area is 169 Å². The van der Waals surface area contributed by atoms with Gasteiger partial charge in [0.2, 0.25) is 0 Å². The van der Waals surface area contributed by atoms with Crippen LogP contribution in [0.4, 0.5) is 5.82 Å². The van der Waals surface area contributed by atoms with Gasteiger partial charge in [0.1, 0.15) is 17.0 Å². The maximum atomic E-state index is 5.43. The molecule has 2 aliphatic rings. The Hall–Kier alpha value is -2.02. The molecule has 5 rings (SSSR count). The first kappa shape index (κ1) is 18.0. The number of aryl methyl sites for hydroxylation is 2. The molecule has 0 saturated carbocycles. The lowest BCUT2D eigenvalue weighted by atomic mass is 9.97. The van der Waals surface area contributed by atoms with Gasteiger partial charge in [-0.1, -0.05) is 24.3 Å². The van der Waals surface area contributed by atoms with Crippen molar-refractivity contribution < 1.29 is 4.74 Å². The third kappa shape index (κ3) is 3.77. The van der Waals surface area contributed by atoms with Gasteiger partial charge in [-0.2, -0.15) is 0 Å². The minimum absolute atomic E-state index is 0.786. The highest BCUT2D eigenvalue weighted by molar-refractivity contribution is 7.19. The number of rotatable bonds is 5. The number of thiophene rings is 1. The van der Waals surface area contributed by atoms with Crippen molar-refractivity contribution in [3.8, 4) is 0 Å². The zero-order valence-corrected chi connectivity index (χ0v) is 16.9. The molecule has 1 N–H and O–H groups in total. The molecule has 3 aromatic rings. The summed E-state index contributed by atoms with van der Waals surface area (Å²) in [7, 11) is 0. The zero-order chi connectivity index (χ0) is 18.8.